The van der Waals surface area contributed by atoms with Gasteiger partial charge in [-0.2, -0.15) is 0 Å². The van der Waals surface area contributed by atoms with Crippen molar-refractivity contribution >= 4 is 17.3 Å². The van der Waals surface area contributed by atoms with Crippen LogP contribution in [0.1, 0.15) is 23.0 Å². The molecule has 4 nitrogen and oxygen atoms in total. The van der Waals surface area contributed by atoms with Gasteiger partial charge in [0.1, 0.15) is 5.69 Å². The molecule has 0 aliphatic heterocycles. The summed E-state index contributed by atoms with van der Waals surface area (Å²) in [6.07, 6.45) is 2.51. The second-order valence-electron chi connectivity index (χ2n) is 4.28. The number of aryl methyl sites for hydroxylation is 1. The molecule has 0 amide bonds. The first-order valence-electron chi connectivity index (χ1n) is 6.14. The molecular formula is C15H16N2O2. The van der Waals surface area contributed by atoms with Crippen LogP contribution in [0.25, 0.3) is 0 Å². The third-order valence-electron chi connectivity index (χ3n) is 3.08. The minimum Gasteiger partial charge on any atom is -0.477 e. The number of carbonyl (C=O) groups is 1. The highest BCUT2D eigenvalue weighted by Gasteiger charge is 2.09. The van der Waals surface area contributed by atoms with Gasteiger partial charge in [0.2, 0.25) is 0 Å². The van der Waals surface area contributed by atoms with Gasteiger partial charge in [-0.05, 0) is 36.2 Å². The van der Waals surface area contributed by atoms with Gasteiger partial charge in [-0.1, -0.05) is 19.1 Å². The summed E-state index contributed by atoms with van der Waals surface area (Å²) < 4.78 is 0. The summed E-state index contributed by atoms with van der Waals surface area (Å²) in [5.74, 6) is -1.02. The molecule has 0 aliphatic rings. The molecular weight excluding hydrogens is 240 g/mol. The van der Waals surface area contributed by atoms with Crippen molar-refractivity contribution in [3.63, 3.8) is 0 Å². The quantitative estimate of drug-likeness (QED) is 0.913. The molecule has 2 aromatic rings. The van der Waals surface area contributed by atoms with Gasteiger partial charge in [-0.15, -0.1) is 0 Å². The highest BCUT2D eigenvalue weighted by molar-refractivity contribution is 5.86. The average molecular weight is 256 g/mol. The van der Waals surface area contributed by atoms with Gasteiger partial charge < -0.3 is 10.0 Å². The van der Waals surface area contributed by atoms with Crippen molar-refractivity contribution in [2.75, 3.05) is 11.9 Å². The summed E-state index contributed by atoms with van der Waals surface area (Å²) in [6, 6.07) is 11.6. The van der Waals surface area contributed by atoms with E-state index in [4.69, 9.17) is 5.11 Å². The van der Waals surface area contributed by atoms with Crippen LogP contribution >= 0.6 is 0 Å². The molecule has 1 aromatic heterocycles. The number of carboxylic acids is 1. The van der Waals surface area contributed by atoms with Crippen LogP contribution in [0.15, 0.2) is 42.6 Å². The van der Waals surface area contributed by atoms with Gasteiger partial charge in [-0.25, -0.2) is 9.78 Å². The van der Waals surface area contributed by atoms with E-state index in [0.717, 1.165) is 17.8 Å². The fourth-order valence-electron chi connectivity index (χ4n) is 1.85. The lowest BCUT2D eigenvalue weighted by Gasteiger charge is -2.19. The normalized spacial score (nSPS) is 10.2. The third-order valence-corrected chi connectivity index (χ3v) is 3.08. The lowest BCUT2D eigenvalue weighted by atomic mass is 10.1. The van der Waals surface area contributed by atoms with E-state index >= 15 is 0 Å². The molecule has 2 rings (SSSR count). The van der Waals surface area contributed by atoms with E-state index in [1.54, 1.807) is 12.1 Å². The molecule has 1 aromatic carbocycles. The predicted molar refractivity (Wildman–Crippen MR) is 75.1 cm³/mol. The van der Waals surface area contributed by atoms with Gasteiger partial charge in [0.25, 0.3) is 0 Å². The fraction of sp³-hybridized carbons (Fsp3) is 0.200. The molecule has 0 spiro atoms. The van der Waals surface area contributed by atoms with Crippen molar-refractivity contribution in [3.8, 4) is 0 Å². The van der Waals surface area contributed by atoms with Crippen molar-refractivity contribution in [1.82, 2.24) is 4.98 Å². The number of aromatic carboxylic acids is 1. The standard InChI is InChI=1S/C15H16N2O2/c1-3-11-4-6-12(7-5-11)17(2)13-8-9-16-14(10-13)15(18)19/h4-10H,3H2,1-2H3,(H,18,19). The molecule has 0 saturated carbocycles. The number of hydrogen-bond acceptors (Lipinski definition) is 3. The van der Waals surface area contributed by atoms with E-state index in [0.29, 0.717) is 0 Å². The second-order valence-corrected chi connectivity index (χ2v) is 4.28. The van der Waals surface area contributed by atoms with Crippen LogP contribution in [0.4, 0.5) is 11.4 Å². The van der Waals surface area contributed by atoms with Crippen LogP contribution in [-0.2, 0) is 6.42 Å². The van der Waals surface area contributed by atoms with E-state index in [1.807, 2.05) is 24.1 Å². The molecule has 0 saturated heterocycles. The Morgan fingerprint density at radius 3 is 2.47 bits per heavy atom. The number of nitrogens with zero attached hydrogens (tertiary/aromatic N) is 2. The van der Waals surface area contributed by atoms with Crippen LogP contribution in [0.2, 0.25) is 0 Å². The Morgan fingerprint density at radius 1 is 1.21 bits per heavy atom. The average Bonchev–Trinajstić information content (AvgIpc) is 2.46. The van der Waals surface area contributed by atoms with Crippen LogP contribution in [-0.4, -0.2) is 23.1 Å². The molecule has 0 aliphatic carbocycles. The Morgan fingerprint density at radius 2 is 1.89 bits per heavy atom. The highest BCUT2D eigenvalue weighted by atomic mass is 16.4. The first kappa shape index (κ1) is 13.1. The molecule has 0 unspecified atom stereocenters. The minimum absolute atomic E-state index is 0.0505. The summed E-state index contributed by atoms with van der Waals surface area (Å²) in [5, 5.41) is 8.95. The molecule has 1 N–H and O–H groups in total. The zero-order valence-electron chi connectivity index (χ0n) is 11.0. The first-order chi connectivity index (χ1) is 9.11. The number of pyridine rings is 1. The van der Waals surface area contributed by atoms with Crippen molar-refractivity contribution in [1.29, 1.82) is 0 Å². The first-order valence-corrected chi connectivity index (χ1v) is 6.14. The Hall–Kier alpha value is -2.36. The molecule has 4 heteroatoms. The van der Waals surface area contributed by atoms with E-state index in [2.05, 4.69) is 24.0 Å². The molecule has 0 radical (unpaired) electrons. The summed E-state index contributed by atoms with van der Waals surface area (Å²) >= 11 is 0. The van der Waals surface area contributed by atoms with E-state index < -0.39 is 5.97 Å². The van der Waals surface area contributed by atoms with Crippen molar-refractivity contribution in [3.05, 3.63) is 53.9 Å². The monoisotopic (exact) mass is 256 g/mol. The SMILES string of the molecule is CCc1ccc(N(C)c2ccnc(C(=O)O)c2)cc1. The largest absolute Gasteiger partial charge is 0.477 e. The summed E-state index contributed by atoms with van der Waals surface area (Å²) in [7, 11) is 1.90. The van der Waals surface area contributed by atoms with Gasteiger partial charge in [0.15, 0.2) is 0 Å². The Bertz CT molecular complexity index is 579. The van der Waals surface area contributed by atoms with E-state index in [1.165, 1.54) is 11.8 Å². The maximum Gasteiger partial charge on any atom is 0.354 e. The van der Waals surface area contributed by atoms with Gasteiger partial charge in [0, 0.05) is 24.6 Å². The van der Waals surface area contributed by atoms with Crippen molar-refractivity contribution < 1.29 is 9.90 Å². The minimum atomic E-state index is -1.02. The van der Waals surface area contributed by atoms with Crippen LogP contribution in [0.3, 0.4) is 0 Å². The molecule has 0 fully saturated rings. The molecule has 98 valence electrons. The van der Waals surface area contributed by atoms with Gasteiger partial charge in [-0.3, -0.25) is 0 Å². The number of aromatic nitrogens is 1. The molecule has 0 atom stereocenters. The van der Waals surface area contributed by atoms with Gasteiger partial charge >= 0.3 is 5.97 Å². The molecule has 19 heavy (non-hydrogen) atoms. The highest BCUT2D eigenvalue weighted by Crippen LogP contribution is 2.24. The Kier molecular flexibility index (Phi) is 3.80. The van der Waals surface area contributed by atoms with Crippen LogP contribution < -0.4 is 4.90 Å². The lowest BCUT2D eigenvalue weighted by molar-refractivity contribution is 0.0690. The summed E-state index contributed by atoms with van der Waals surface area (Å²) in [5.41, 5.74) is 3.14. The number of benzene rings is 1. The number of hydrogen-bond donors (Lipinski definition) is 1. The molecule has 0 bridgehead atoms. The number of anilines is 2. The second kappa shape index (κ2) is 5.52. The number of carboxylic acid groups (broad SMARTS) is 1. The Labute approximate surface area is 112 Å². The van der Waals surface area contributed by atoms with Crippen molar-refractivity contribution in [2.24, 2.45) is 0 Å². The smallest absolute Gasteiger partial charge is 0.354 e. The van der Waals surface area contributed by atoms with Gasteiger partial charge in [0.05, 0.1) is 0 Å². The number of rotatable bonds is 4. The zero-order chi connectivity index (χ0) is 13.8. The fourth-order valence-corrected chi connectivity index (χ4v) is 1.85. The van der Waals surface area contributed by atoms with E-state index in [-0.39, 0.29) is 5.69 Å². The summed E-state index contributed by atoms with van der Waals surface area (Å²) in [6.45, 7) is 2.11. The summed E-state index contributed by atoms with van der Waals surface area (Å²) in [4.78, 5) is 16.7. The topological polar surface area (TPSA) is 53.4 Å². The maximum absolute atomic E-state index is 10.9. The zero-order valence-corrected chi connectivity index (χ0v) is 11.0. The molecule has 1 heterocycles. The predicted octanol–water partition coefficient (Wildman–Crippen LogP) is 3.11. The lowest BCUT2D eigenvalue weighted by Crippen LogP contribution is -2.11. The Balaban J connectivity index is 2.29. The third kappa shape index (κ3) is 2.91. The van der Waals surface area contributed by atoms with Crippen LogP contribution in [0.5, 0.6) is 0 Å². The van der Waals surface area contributed by atoms with Crippen molar-refractivity contribution in [2.45, 2.75) is 13.3 Å². The van der Waals surface area contributed by atoms with Crippen LogP contribution in [0, 0.1) is 0 Å². The van der Waals surface area contributed by atoms with E-state index in [9.17, 15) is 4.79 Å². The maximum atomic E-state index is 10.9.